The van der Waals surface area contributed by atoms with E-state index >= 15 is 0 Å². The van der Waals surface area contributed by atoms with Crippen LogP contribution in [0.3, 0.4) is 0 Å². The first-order chi connectivity index (χ1) is 6.58. The van der Waals surface area contributed by atoms with Gasteiger partial charge in [0.2, 0.25) is 0 Å². The number of carbonyl (C=O) groups excluding carboxylic acids is 1. The molecule has 0 radical (unpaired) electrons. The second-order valence-corrected chi connectivity index (χ2v) is 4.03. The van der Waals surface area contributed by atoms with Crippen LogP contribution in [-0.4, -0.2) is 11.0 Å². The third-order valence-electron chi connectivity index (χ3n) is 2.28. The molecule has 1 atom stereocenters. The van der Waals surface area contributed by atoms with Crippen molar-refractivity contribution in [2.24, 2.45) is 0 Å². The normalized spacial score (nSPS) is 24.3. The molecule has 0 saturated heterocycles. The Kier molecular flexibility index (Phi) is 1.97. The van der Waals surface area contributed by atoms with Gasteiger partial charge in [0, 0.05) is 15.7 Å². The summed E-state index contributed by atoms with van der Waals surface area (Å²) in [6.07, 6.45) is 1.24. The lowest BCUT2D eigenvalue weighted by molar-refractivity contribution is -0.129. The number of anilines is 1. The van der Waals surface area contributed by atoms with E-state index in [0.29, 0.717) is 11.3 Å². The van der Waals surface area contributed by atoms with Crippen LogP contribution in [0.15, 0.2) is 35.3 Å². The molecule has 0 aromatic heterocycles. The Morgan fingerprint density at radius 1 is 1.57 bits per heavy atom. The van der Waals surface area contributed by atoms with E-state index in [1.54, 1.807) is 18.2 Å². The topological polar surface area (TPSA) is 49.3 Å². The zero-order valence-corrected chi connectivity index (χ0v) is 8.84. The highest BCUT2D eigenvalue weighted by atomic mass is 79.9. The number of nitrogens with one attached hydrogen (secondary N) is 1. The van der Waals surface area contributed by atoms with Crippen molar-refractivity contribution in [1.29, 1.82) is 0 Å². The Hall–Kier alpha value is -1.13. The average Bonchev–Trinajstić information content (AvgIpc) is 2.41. The van der Waals surface area contributed by atoms with E-state index in [1.807, 2.05) is 0 Å². The number of hydrogen-bond acceptors (Lipinski definition) is 2. The van der Waals surface area contributed by atoms with Crippen molar-refractivity contribution in [2.45, 2.75) is 5.60 Å². The molecule has 72 valence electrons. The standard InChI is InChI=1S/C10H8BrNO2/c1-2-10(14)7-5-6(11)3-4-8(7)12-9(10)13/h2-5,14H,1H2,(H,12,13). The Bertz CT molecular complexity index is 430. The molecule has 2 rings (SSSR count). The van der Waals surface area contributed by atoms with Crippen LogP contribution in [-0.2, 0) is 10.4 Å². The van der Waals surface area contributed by atoms with Crippen LogP contribution in [0.5, 0.6) is 0 Å². The summed E-state index contributed by atoms with van der Waals surface area (Å²) in [4.78, 5) is 11.4. The number of carbonyl (C=O) groups is 1. The minimum atomic E-state index is -1.60. The van der Waals surface area contributed by atoms with E-state index in [2.05, 4.69) is 27.8 Å². The minimum Gasteiger partial charge on any atom is -0.372 e. The van der Waals surface area contributed by atoms with E-state index in [4.69, 9.17) is 0 Å². The van der Waals surface area contributed by atoms with Gasteiger partial charge in [0.25, 0.3) is 5.91 Å². The fourth-order valence-corrected chi connectivity index (χ4v) is 1.84. The van der Waals surface area contributed by atoms with Crippen molar-refractivity contribution in [1.82, 2.24) is 0 Å². The van der Waals surface area contributed by atoms with Gasteiger partial charge in [-0.3, -0.25) is 4.79 Å². The van der Waals surface area contributed by atoms with Crippen molar-refractivity contribution in [2.75, 3.05) is 5.32 Å². The van der Waals surface area contributed by atoms with Gasteiger partial charge < -0.3 is 10.4 Å². The number of benzene rings is 1. The van der Waals surface area contributed by atoms with Gasteiger partial charge in [-0.05, 0) is 24.3 Å². The summed E-state index contributed by atoms with van der Waals surface area (Å²) >= 11 is 3.28. The number of hydrogen-bond donors (Lipinski definition) is 2. The number of fused-ring (bicyclic) bond motifs is 1. The number of amides is 1. The number of rotatable bonds is 1. The molecule has 4 heteroatoms. The number of halogens is 1. The molecule has 1 heterocycles. The quantitative estimate of drug-likeness (QED) is 0.750. The Morgan fingerprint density at radius 2 is 2.29 bits per heavy atom. The predicted octanol–water partition coefficient (Wildman–Crippen LogP) is 1.77. The summed E-state index contributed by atoms with van der Waals surface area (Å²) in [5.74, 6) is -0.458. The van der Waals surface area contributed by atoms with Gasteiger partial charge in [0.15, 0.2) is 5.60 Å². The summed E-state index contributed by atoms with van der Waals surface area (Å²) in [6, 6.07) is 5.24. The summed E-state index contributed by atoms with van der Waals surface area (Å²) in [5, 5.41) is 12.6. The van der Waals surface area contributed by atoms with Crippen molar-refractivity contribution in [3.05, 3.63) is 40.9 Å². The maximum absolute atomic E-state index is 11.4. The molecule has 1 amide bonds. The van der Waals surface area contributed by atoms with Crippen LogP contribution in [0.1, 0.15) is 5.56 Å². The average molecular weight is 254 g/mol. The fourth-order valence-electron chi connectivity index (χ4n) is 1.48. The second-order valence-electron chi connectivity index (χ2n) is 3.11. The molecule has 1 aromatic rings. The molecule has 3 nitrogen and oxygen atoms in total. The molecule has 14 heavy (non-hydrogen) atoms. The van der Waals surface area contributed by atoms with Gasteiger partial charge in [-0.15, -0.1) is 0 Å². The highest BCUT2D eigenvalue weighted by Gasteiger charge is 2.42. The lowest BCUT2D eigenvalue weighted by Gasteiger charge is -2.14. The van der Waals surface area contributed by atoms with E-state index in [-0.39, 0.29) is 0 Å². The third-order valence-corrected chi connectivity index (χ3v) is 2.78. The lowest BCUT2D eigenvalue weighted by atomic mass is 9.96. The van der Waals surface area contributed by atoms with Crippen molar-refractivity contribution < 1.29 is 9.90 Å². The van der Waals surface area contributed by atoms with Crippen molar-refractivity contribution >= 4 is 27.5 Å². The first-order valence-corrected chi connectivity index (χ1v) is 4.84. The minimum absolute atomic E-state index is 0.458. The third kappa shape index (κ3) is 1.11. The highest BCUT2D eigenvalue weighted by molar-refractivity contribution is 9.10. The molecule has 1 aromatic carbocycles. The molecular formula is C10H8BrNO2. The summed E-state index contributed by atoms with van der Waals surface area (Å²) in [5.41, 5.74) is -0.438. The Balaban J connectivity index is 2.67. The summed E-state index contributed by atoms with van der Waals surface area (Å²) in [6.45, 7) is 3.47. The monoisotopic (exact) mass is 253 g/mol. The molecule has 2 N–H and O–H groups in total. The SMILES string of the molecule is C=CC1(O)C(=O)Nc2ccc(Br)cc21. The molecule has 1 aliphatic rings. The van der Waals surface area contributed by atoms with Gasteiger partial charge in [0.1, 0.15) is 0 Å². The van der Waals surface area contributed by atoms with Crippen molar-refractivity contribution in [3.63, 3.8) is 0 Å². The van der Waals surface area contributed by atoms with Crippen LogP contribution in [0.2, 0.25) is 0 Å². The molecule has 0 fully saturated rings. The van der Waals surface area contributed by atoms with Crippen LogP contribution >= 0.6 is 15.9 Å². The van der Waals surface area contributed by atoms with Gasteiger partial charge >= 0.3 is 0 Å². The molecule has 0 spiro atoms. The van der Waals surface area contributed by atoms with Gasteiger partial charge in [0.05, 0.1) is 0 Å². The molecular weight excluding hydrogens is 246 g/mol. The largest absolute Gasteiger partial charge is 0.372 e. The second kappa shape index (κ2) is 2.93. The van der Waals surface area contributed by atoms with Crippen LogP contribution < -0.4 is 5.32 Å². The maximum atomic E-state index is 11.4. The van der Waals surface area contributed by atoms with Crippen LogP contribution in [0.4, 0.5) is 5.69 Å². The van der Waals surface area contributed by atoms with Crippen LogP contribution in [0.25, 0.3) is 0 Å². The van der Waals surface area contributed by atoms with E-state index < -0.39 is 11.5 Å². The van der Waals surface area contributed by atoms with Gasteiger partial charge in [-0.1, -0.05) is 22.5 Å². The number of aliphatic hydroxyl groups is 1. The smallest absolute Gasteiger partial charge is 0.265 e. The molecule has 0 bridgehead atoms. The van der Waals surface area contributed by atoms with Crippen molar-refractivity contribution in [3.8, 4) is 0 Å². The van der Waals surface area contributed by atoms with E-state index in [0.717, 1.165) is 4.47 Å². The predicted molar refractivity (Wildman–Crippen MR) is 56.9 cm³/mol. The lowest BCUT2D eigenvalue weighted by Crippen LogP contribution is -2.31. The summed E-state index contributed by atoms with van der Waals surface area (Å²) < 4.78 is 0.813. The molecule has 1 unspecified atom stereocenters. The van der Waals surface area contributed by atoms with Gasteiger partial charge in [-0.25, -0.2) is 0 Å². The molecule has 0 saturated carbocycles. The molecule has 0 aliphatic carbocycles. The fraction of sp³-hybridized carbons (Fsp3) is 0.100. The van der Waals surface area contributed by atoms with Crippen LogP contribution in [0, 0.1) is 0 Å². The zero-order chi connectivity index (χ0) is 10.3. The molecule has 1 aliphatic heterocycles. The Labute approximate surface area is 89.6 Å². The maximum Gasteiger partial charge on any atom is 0.265 e. The zero-order valence-electron chi connectivity index (χ0n) is 7.25. The van der Waals surface area contributed by atoms with E-state index in [1.165, 1.54) is 6.08 Å². The highest BCUT2D eigenvalue weighted by Crippen LogP contribution is 2.38. The first-order valence-electron chi connectivity index (χ1n) is 4.05. The van der Waals surface area contributed by atoms with Gasteiger partial charge in [-0.2, -0.15) is 0 Å². The first kappa shape index (κ1) is 9.43. The summed E-state index contributed by atoms with van der Waals surface area (Å²) in [7, 11) is 0. The Morgan fingerprint density at radius 3 is 2.93 bits per heavy atom. The van der Waals surface area contributed by atoms with E-state index in [9.17, 15) is 9.90 Å².